The number of amides is 1. The third kappa shape index (κ3) is 2.78. The summed E-state index contributed by atoms with van der Waals surface area (Å²) in [6.07, 6.45) is 3.10. The van der Waals surface area contributed by atoms with Gasteiger partial charge in [0.25, 0.3) is 5.91 Å². The number of nitrogens with two attached hydrogens (primary N) is 1. The molecule has 1 heterocycles. The molecule has 0 saturated carbocycles. The second-order valence-electron chi connectivity index (χ2n) is 4.31. The van der Waals surface area contributed by atoms with E-state index in [-0.39, 0.29) is 5.91 Å². The number of carbonyl (C=O) groups is 1. The average Bonchev–Trinajstić information content (AvgIpc) is 2.53. The molecule has 20 heavy (non-hydrogen) atoms. The van der Waals surface area contributed by atoms with Gasteiger partial charge in [0.05, 0.1) is 18.9 Å². The van der Waals surface area contributed by atoms with Gasteiger partial charge in [0.2, 0.25) is 0 Å². The molecular weight excluding hydrogens is 254 g/mol. The van der Waals surface area contributed by atoms with E-state index < -0.39 is 0 Å². The van der Waals surface area contributed by atoms with E-state index in [0.29, 0.717) is 17.9 Å². The molecule has 5 nitrogen and oxygen atoms in total. The van der Waals surface area contributed by atoms with Crippen molar-refractivity contribution in [1.82, 2.24) is 4.98 Å². The zero-order chi connectivity index (χ0) is 14.5. The van der Waals surface area contributed by atoms with Crippen LogP contribution >= 0.6 is 0 Å². The Kier molecular flexibility index (Phi) is 4.32. The predicted molar refractivity (Wildman–Crippen MR) is 77.9 cm³/mol. The fourth-order valence-electron chi connectivity index (χ4n) is 1.87. The minimum atomic E-state index is -0.148. The van der Waals surface area contributed by atoms with Crippen molar-refractivity contribution in [2.24, 2.45) is 5.73 Å². The van der Waals surface area contributed by atoms with Gasteiger partial charge in [0.1, 0.15) is 5.75 Å². The van der Waals surface area contributed by atoms with Crippen LogP contribution in [0, 0.1) is 0 Å². The summed E-state index contributed by atoms with van der Waals surface area (Å²) in [5, 5.41) is 0. The quantitative estimate of drug-likeness (QED) is 0.921. The maximum atomic E-state index is 12.5. The second kappa shape index (κ2) is 6.16. The highest BCUT2D eigenvalue weighted by Crippen LogP contribution is 2.21. The van der Waals surface area contributed by atoms with Gasteiger partial charge in [-0.15, -0.1) is 0 Å². The van der Waals surface area contributed by atoms with E-state index in [9.17, 15) is 4.79 Å². The van der Waals surface area contributed by atoms with E-state index in [0.717, 1.165) is 11.3 Å². The van der Waals surface area contributed by atoms with Crippen LogP contribution in [-0.2, 0) is 6.54 Å². The molecule has 0 aliphatic heterocycles. The van der Waals surface area contributed by atoms with Gasteiger partial charge in [0, 0.05) is 25.5 Å². The standard InChI is InChI=1S/C15H17N3O2/c1-18(12-5-3-11(9-16)4-6-12)15(19)13-7-8-17-10-14(13)20-2/h3-8,10H,9,16H2,1-2H3. The molecule has 2 N–H and O–H groups in total. The van der Waals surface area contributed by atoms with Crippen LogP contribution in [0.4, 0.5) is 5.69 Å². The number of ether oxygens (including phenoxy) is 1. The molecule has 104 valence electrons. The lowest BCUT2D eigenvalue weighted by Gasteiger charge is -2.18. The van der Waals surface area contributed by atoms with E-state index in [1.54, 1.807) is 24.2 Å². The fraction of sp³-hybridized carbons (Fsp3) is 0.200. The van der Waals surface area contributed by atoms with Crippen molar-refractivity contribution >= 4 is 11.6 Å². The SMILES string of the molecule is COc1cnccc1C(=O)N(C)c1ccc(CN)cc1. The van der Waals surface area contributed by atoms with Crippen molar-refractivity contribution in [3.63, 3.8) is 0 Å². The minimum Gasteiger partial charge on any atom is -0.494 e. The molecule has 0 bridgehead atoms. The number of aromatic nitrogens is 1. The van der Waals surface area contributed by atoms with Crippen LogP contribution in [0.2, 0.25) is 0 Å². The van der Waals surface area contributed by atoms with Crippen LogP contribution < -0.4 is 15.4 Å². The average molecular weight is 271 g/mol. The number of pyridine rings is 1. The molecule has 1 aromatic carbocycles. The Morgan fingerprint density at radius 2 is 2.00 bits per heavy atom. The lowest BCUT2D eigenvalue weighted by Crippen LogP contribution is -2.26. The molecule has 2 aromatic rings. The maximum Gasteiger partial charge on any atom is 0.261 e. The summed E-state index contributed by atoms with van der Waals surface area (Å²) >= 11 is 0. The molecule has 0 fully saturated rings. The van der Waals surface area contributed by atoms with Crippen LogP contribution in [0.1, 0.15) is 15.9 Å². The normalized spacial score (nSPS) is 10.2. The van der Waals surface area contributed by atoms with E-state index in [1.807, 2.05) is 24.3 Å². The molecule has 1 amide bonds. The van der Waals surface area contributed by atoms with Crippen molar-refractivity contribution < 1.29 is 9.53 Å². The van der Waals surface area contributed by atoms with Crippen molar-refractivity contribution in [3.05, 3.63) is 53.9 Å². The molecule has 0 unspecified atom stereocenters. The van der Waals surface area contributed by atoms with Crippen LogP contribution in [-0.4, -0.2) is 25.0 Å². The maximum absolute atomic E-state index is 12.5. The van der Waals surface area contributed by atoms with Crippen molar-refractivity contribution in [2.75, 3.05) is 19.1 Å². The molecule has 0 atom stereocenters. The molecule has 0 aliphatic rings. The van der Waals surface area contributed by atoms with Gasteiger partial charge in [-0.2, -0.15) is 0 Å². The zero-order valence-corrected chi connectivity index (χ0v) is 11.5. The smallest absolute Gasteiger partial charge is 0.261 e. The lowest BCUT2D eigenvalue weighted by atomic mass is 10.1. The van der Waals surface area contributed by atoms with Gasteiger partial charge in [-0.25, -0.2) is 0 Å². The summed E-state index contributed by atoms with van der Waals surface area (Å²) < 4.78 is 5.16. The Balaban J connectivity index is 2.27. The number of nitrogens with zero attached hydrogens (tertiary/aromatic N) is 2. The number of hydrogen-bond acceptors (Lipinski definition) is 4. The number of hydrogen-bond donors (Lipinski definition) is 1. The van der Waals surface area contributed by atoms with Crippen molar-refractivity contribution in [1.29, 1.82) is 0 Å². The molecule has 0 aliphatic carbocycles. The summed E-state index contributed by atoms with van der Waals surface area (Å²) in [7, 11) is 3.24. The van der Waals surface area contributed by atoms with E-state index in [4.69, 9.17) is 10.5 Å². The molecule has 2 rings (SSSR count). The molecule has 0 saturated heterocycles. The predicted octanol–water partition coefficient (Wildman–Crippen LogP) is 1.83. The van der Waals surface area contributed by atoms with E-state index in [1.165, 1.54) is 13.3 Å². The third-order valence-corrected chi connectivity index (χ3v) is 3.10. The summed E-state index contributed by atoms with van der Waals surface area (Å²) in [5.41, 5.74) is 7.86. The Bertz CT molecular complexity index is 596. The first kappa shape index (κ1) is 14.0. The fourth-order valence-corrected chi connectivity index (χ4v) is 1.87. The second-order valence-corrected chi connectivity index (χ2v) is 4.31. The van der Waals surface area contributed by atoms with E-state index >= 15 is 0 Å². The molecule has 1 aromatic heterocycles. The Labute approximate surface area is 118 Å². The van der Waals surface area contributed by atoms with E-state index in [2.05, 4.69) is 4.98 Å². The molecule has 5 heteroatoms. The number of carbonyl (C=O) groups excluding carboxylic acids is 1. The third-order valence-electron chi connectivity index (χ3n) is 3.10. The first-order valence-corrected chi connectivity index (χ1v) is 6.22. The zero-order valence-electron chi connectivity index (χ0n) is 11.5. The van der Waals surface area contributed by atoms with Gasteiger partial charge in [-0.3, -0.25) is 9.78 Å². The number of anilines is 1. The van der Waals surface area contributed by atoms with Crippen LogP contribution in [0.5, 0.6) is 5.75 Å². The first-order chi connectivity index (χ1) is 9.67. The topological polar surface area (TPSA) is 68.5 Å². The first-order valence-electron chi connectivity index (χ1n) is 6.22. The monoisotopic (exact) mass is 271 g/mol. The van der Waals surface area contributed by atoms with Crippen LogP contribution in [0.15, 0.2) is 42.7 Å². The Morgan fingerprint density at radius 3 is 2.60 bits per heavy atom. The van der Waals surface area contributed by atoms with Crippen molar-refractivity contribution in [3.8, 4) is 5.75 Å². The largest absolute Gasteiger partial charge is 0.494 e. The number of methoxy groups -OCH3 is 1. The number of benzene rings is 1. The summed E-state index contributed by atoms with van der Waals surface area (Å²) in [4.78, 5) is 18.0. The molecule has 0 radical (unpaired) electrons. The highest BCUT2D eigenvalue weighted by molar-refractivity contribution is 6.07. The van der Waals surface area contributed by atoms with Gasteiger partial charge >= 0.3 is 0 Å². The van der Waals surface area contributed by atoms with Gasteiger partial charge in [0.15, 0.2) is 0 Å². The van der Waals surface area contributed by atoms with Crippen LogP contribution in [0.3, 0.4) is 0 Å². The van der Waals surface area contributed by atoms with Gasteiger partial charge in [-0.1, -0.05) is 12.1 Å². The molecule has 0 spiro atoms. The minimum absolute atomic E-state index is 0.148. The van der Waals surface area contributed by atoms with Gasteiger partial charge < -0.3 is 15.4 Å². The van der Waals surface area contributed by atoms with Crippen LogP contribution in [0.25, 0.3) is 0 Å². The Hall–Kier alpha value is -2.40. The highest BCUT2D eigenvalue weighted by Gasteiger charge is 2.17. The number of rotatable bonds is 4. The van der Waals surface area contributed by atoms with Gasteiger partial charge in [-0.05, 0) is 23.8 Å². The van der Waals surface area contributed by atoms with Crippen molar-refractivity contribution in [2.45, 2.75) is 6.54 Å². The lowest BCUT2D eigenvalue weighted by molar-refractivity contribution is 0.0990. The summed E-state index contributed by atoms with van der Waals surface area (Å²) in [6, 6.07) is 9.19. The summed E-state index contributed by atoms with van der Waals surface area (Å²) in [5.74, 6) is 0.313. The summed E-state index contributed by atoms with van der Waals surface area (Å²) in [6.45, 7) is 0.482. The molecular formula is C15H17N3O2. The Morgan fingerprint density at radius 1 is 1.30 bits per heavy atom. The highest BCUT2D eigenvalue weighted by atomic mass is 16.5.